The highest BCUT2D eigenvalue weighted by Gasteiger charge is 1.92. The van der Waals surface area contributed by atoms with Crippen molar-refractivity contribution < 1.29 is 9.47 Å². The van der Waals surface area contributed by atoms with Crippen molar-refractivity contribution in [3.63, 3.8) is 0 Å². The van der Waals surface area contributed by atoms with Crippen LogP contribution < -0.4 is 5.73 Å². The molecule has 0 radical (unpaired) electrons. The highest BCUT2D eigenvalue weighted by molar-refractivity contribution is 4.44. The SMILES string of the molecule is CCCCCCCCCOCCOCCN. The van der Waals surface area contributed by atoms with Gasteiger partial charge >= 0.3 is 0 Å². The Morgan fingerprint density at radius 1 is 0.688 bits per heavy atom. The van der Waals surface area contributed by atoms with Gasteiger partial charge in [-0.05, 0) is 6.42 Å². The van der Waals surface area contributed by atoms with E-state index in [4.69, 9.17) is 15.2 Å². The van der Waals surface area contributed by atoms with Gasteiger partial charge in [-0.25, -0.2) is 0 Å². The van der Waals surface area contributed by atoms with Crippen LogP contribution in [0.2, 0.25) is 0 Å². The summed E-state index contributed by atoms with van der Waals surface area (Å²) in [4.78, 5) is 0. The van der Waals surface area contributed by atoms with Gasteiger partial charge in [0, 0.05) is 13.2 Å². The molecule has 98 valence electrons. The third-order valence-electron chi connectivity index (χ3n) is 2.53. The van der Waals surface area contributed by atoms with Crippen LogP contribution in [0.3, 0.4) is 0 Å². The monoisotopic (exact) mass is 231 g/mol. The van der Waals surface area contributed by atoms with Gasteiger partial charge < -0.3 is 15.2 Å². The third-order valence-corrected chi connectivity index (χ3v) is 2.53. The van der Waals surface area contributed by atoms with Gasteiger partial charge in [0.05, 0.1) is 19.8 Å². The van der Waals surface area contributed by atoms with Gasteiger partial charge in [0.25, 0.3) is 0 Å². The summed E-state index contributed by atoms with van der Waals surface area (Å²) >= 11 is 0. The van der Waals surface area contributed by atoms with E-state index in [1.165, 1.54) is 44.9 Å². The first-order valence-corrected chi connectivity index (χ1v) is 6.77. The summed E-state index contributed by atoms with van der Waals surface area (Å²) in [5, 5.41) is 0. The summed E-state index contributed by atoms with van der Waals surface area (Å²) in [5.74, 6) is 0. The van der Waals surface area contributed by atoms with Gasteiger partial charge in [-0.1, -0.05) is 45.4 Å². The average molecular weight is 231 g/mol. The molecule has 0 aromatic carbocycles. The van der Waals surface area contributed by atoms with E-state index in [2.05, 4.69) is 6.92 Å². The van der Waals surface area contributed by atoms with Crippen molar-refractivity contribution in [1.82, 2.24) is 0 Å². The first kappa shape index (κ1) is 15.9. The second kappa shape index (κ2) is 14.9. The van der Waals surface area contributed by atoms with Crippen molar-refractivity contribution in [2.45, 2.75) is 51.9 Å². The molecule has 0 rings (SSSR count). The highest BCUT2D eigenvalue weighted by Crippen LogP contribution is 2.06. The summed E-state index contributed by atoms with van der Waals surface area (Å²) < 4.78 is 10.6. The molecule has 0 aliphatic heterocycles. The topological polar surface area (TPSA) is 44.5 Å². The van der Waals surface area contributed by atoms with Crippen LogP contribution in [0, 0.1) is 0 Å². The fraction of sp³-hybridized carbons (Fsp3) is 1.00. The van der Waals surface area contributed by atoms with Crippen molar-refractivity contribution in [3.05, 3.63) is 0 Å². The minimum atomic E-state index is 0.595. The zero-order valence-electron chi connectivity index (χ0n) is 10.9. The second-order valence-electron chi connectivity index (χ2n) is 4.13. The van der Waals surface area contributed by atoms with E-state index in [0.717, 1.165) is 6.61 Å². The minimum absolute atomic E-state index is 0.595. The molecule has 0 amide bonds. The number of nitrogens with two attached hydrogens (primary N) is 1. The Kier molecular flexibility index (Phi) is 14.8. The van der Waals surface area contributed by atoms with E-state index in [-0.39, 0.29) is 0 Å². The quantitative estimate of drug-likeness (QED) is 0.496. The molecule has 0 bridgehead atoms. The molecule has 0 spiro atoms. The molecule has 0 heterocycles. The molecular weight excluding hydrogens is 202 g/mol. The van der Waals surface area contributed by atoms with E-state index < -0.39 is 0 Å². The van der Waals surface area contributed by atoms with Gasteiger partial charge in [-0.2, -0.15) is 0 Å². The molecule has 0 atom stereocenters. The van der Waals surface area contributed by atoms with Gasteiger partial charge in [0.1, 0.15) is 0 Å². The van der Waals surface area contributed by atoms with E-state index in [9.17, 15) is 0 Å². The Labute approximate surface area is 101 Å². The normalized spacial score (nSPS) is 10.9. The van der Waals surface area contributed by atoms with Gasteiger partial charge in [-0.3, -0.25) is 0 Å². The summed E-state index contributed by atoms with van der Waals surface area (Å²) in [6, 6.07) is 0. The lowest BCUT2D eigenvalue weighted by atomic mass is 10.1. The van der Waals surface area contributed by atoms with Crippen molar-refractivity contribution in [2.24, 2.45) is 5.73 Å². The number of ether oxygens (including phenoxy) is 2. The maximum Gasteiger partial charge on any atom is 0.0701 e. The number of rotatable bonds is 13. The molecule has 16 heavy (non-hydrogen) atoms. The van der Waals surface area contributed by atoms with Crippen LogP contribution in [0.4, 0.5) is 0 Å². The molecular formula is C13H29NO2. The molecule has 3 heteroatoms. The Morgan fingerprint density at radius 2 is 1.25 bits per heavy atom. The van der Waals surface area contributed by atoms with Crippen LogP contribution in [0.1, 0.15) is 51.9 Å². The molecule has 2 N–H and O–H groups in total. The van der Waals surface area contributed by atoms with Crippen molar-refractivity contribution >= 4 is 0 Å². The first-order valence-electron chi connectivity index (χ1n) is 6.77. The lowest BCUT2D eigenvalue weighted by molar-refractivity contribution is 0.0492. The lowest BCUT2D eigenvalue weighted by Crippen LogP contribution is -2.12. The van der Waals surface area contributed by atoms with Gasteiger partial charge in [0.15, 0.2) is 0 Å². The van der Waals surface area contributed by atoms with Gasteiger partial charge in [-0.15, -0.1) is 0 Å². The molecule has 0 aliphatic carbocycles. The zero-order valence-corrected chi connectivity index (χ0v) is 10.9. The Bertz CT molecular complexity index is 107. The number of hydrogen-bond donors (Lipinski definition) is 1. The van der Waals surface area contributed by atoms with E-state index in [1.54, 1.807) is 0 Å². The molecule has 0 fully saturated rings. The molecule has 3 nitrogen and oxygen atoms in total. The van der Waals surface area contributed by atoms with Crippen LogP contribution in [0.15, 0.2) is 0 Å². The van der Waals surface area contributed by atoms with Crippen LogP contribution in [0.25, 0.3) is 0 Å². The predicted molar refractivity (Wildman–Crippen MR) is 68.7 cm³/mol. The maximum atomic E-state index is 5.44. The summed E-state index contributed by atoms with van der Waals surface area (Å²) in [7, 11) is 0. The zero-order chi connectivity index (χ0) is 11.9. The first-order chi connectivity index (χ1) is 7.91. The molecule has 0 saturated heterocycles. The summed E-state index contributed by atoms with van der Waals surface area (Å²) in [5.41, 5.74) is 5.29. The number of unbranched alkanes of at least 4 members (excludes halogenated alkanes) is 6. The fourth-order valence-corrected chi connectivity index (χ4v) is 1.57. The summed E-state index contributed by atoms with van der Waals surface area (Å²) in [6.07, 6.45) is 9.32. The van der Waals surface area contributed by atoms with E-state index >= 15 is 0 Å². The van der Waals surface area contributed by atoms with E-state index in [0.29, 0.717) is 26.4 Å². The van der Waals surface area contributed by atoms with Crippen molar-refractivity contribution in [2.75, 3.05) is 33.0 Å². The van der Waals surface area contributed by atoms with Gasteiger partial charge in [0.2, 0.25) is 0 Å². The molecule has 0 unspecified atom stereocenters. The molecule has 0 aromatic heterocycles. The standard InChI is InChI=1S/C13H29NO2/c1-2-3-4-5-6-7-8-10-15-12-13-16-11-9-14/h2-14H2,1H3. The van der Waals surface area contributed by atoms with E-state index in [1.807, 2.05) is 0 Å². The molecule has 0 saturated carbocycles. The Balaban J connectivity index is 2.83. The fourth-order valence-electron chi connectivity index (χ4n) is 1.57. The second-order valence-corrected chi connectivity index (χ2v) is 4.13. The van der Waals surface area contributed by atoms with Crippen LogP contribution in [-0.2, 0) is 9.47 Å². The largest absolute Gasteiger partial charge is 0.379 e. The average Bonchev–Trinajstić information content (AvgIpc) is 2.31. The predicted octanol–water partition coefficient (Wildman–Crippen LogP) is 2.73. The lowest BCUT2D eigenvalue weighted by Gasteiger charge is -2.05. The molecule has 0 aliphatic rings. The Hall–Kier alpha value is -0.120. The highest BCUT2D eigenvalue weighted by atomic mass is 16.5. The number of hydrogen-bond acceptors (Lipinski definition) is 3. The molecule has 0 aromatic rings. The third kappa shape index (κ3) is 13.9. The smallest absolute Gasteiger partial charge is 0.0701 e. The Morgan fingerprint density at radius 3 is 1.88 bits per heavy atom. The maximum absolute atomic E-state index is 5.44. The van der Waals surface area contributed by atoms with Crippen molar-refractivity contribution in [3.8, 4) is 0 Å². The van der Waals surface area contributed by atoms with Crippen LogP contribution in [-0.4, -0.2) is 33.0 Å². The minimum Gasteiger partial charge on any atom is -0.379 e. The van der Waals surface area contributed by atoms with Crippen LogP contribution in [0.5, 0.6) is 0 Å². The van der Waals surface area contributed by atoms with Crippen molar-refractivity contribution in [1.29, 1.82) is 0 Å². The summed E-state index contributed by atoms with van der Waals surface area (Å²) in [6.45, 7) is 5.74. The van der Waals surface area contributed by atoms with Crippen LogP contribution >= 0.6 is 0 Å².